The maximum atomic E-state index is 12.4. The first-order chi connectivity index (χ1) is 19.5. The number of hydrogen-bond donors (Lipinski definition) is 0. The maximum absolute atomic E-state index is 12.4. The molecule has 0 N–H and O–H groups in total. The zero-order valence-corrected chi connectivity index (χ0v) is 20.9. The third kappa shape index (κ3) is 6.04. The fourth-order valence-electron chi connectivity index (χ4n) is 3.80. The Bertz CT molecular complexity index is 1490. The van der Waals surface area contributed by atoms with Crippen LogP contribution in [0.25, 0.3) is 12.2 Å². The van der Waals surface area contributed by atoms with Crippen LogP contribution in [0.5, 0.6) is 23.0 Å². The van der Waals surface area contributed by atoms with Crippen molar-refractivity contribution in [2.24, 2.45) is 0 Å². The van der Waals surface area contributed by atoms with Crippen LogP contribution in [-0.2, 0) is 32.3 Å². The molecule has 0 saturated carbocycles. The summed E-state index contributed by atoms with van der Waals surface area (Å²) in [4.78, 5) is 24.9. The van der Waals surface area contributed by atoms with Crippen LogP contribution in [-0.4, -0.2) is 25.5 Å². The molecule has 0 amide bonds. The highest BCUT2D eigenvalue weighted by atomic mass is 16.7. The van der Waals surface area contributed by atoms with Gasteiger partial charge in [0.25, 0.3) is 0 Å². The number of nitrogens with zero attached hydrogens (tertiary/aromatic N) is 2. The average Bonchev–Trinajstić information content (AvgIpc) is 3.65. The molecule has 198 valence electrons. The van der Waals surface area contributed by atoms with E-state index in [1.165, 1.54) is 12.2 Å². The monoisotopic (exact) mass is 536 g/mol. The van der Waals surface area contributed by atoms with Gasteiger partial charge >= 0.3 is 11.9 Å². The van der Waals surface area contributed by atoms with Crippen LogP contribution in [0, 0.1) is 22.7 Å². The minimum Gasteiger partial charge on any atom is -0.457 e. The average molecular weight is 536 g/mol. The third-order valence-corrected chi connectivity index (χ3v) is 5.86. The maximum Gasteiger partial charge on any atom is 0.349 e. The summed E-state index contributed by atoms with van der Waals surface area (Å²) in [6.07, 6.45) is 2.83. The molecule has 0 atom stereocenters. The molecule has 0 unspecified atom stereocenters. The summed E-state index contributed by atoms with van der Waals surface area (Å²) >= 11 is 0. The molecular formula is C30H20N2O8. The van der Waals surface area contributed by atoms with Gasteiger partial charge in [-0.2, -0.15) is 10.5 Å². The van der Waals surface area contributed by atoms with E-state index in [1.807, 2.05) is 12.1 Å². The number of carbonyl (C=O) groups is 2. The molecule has 40 heavy (non-hydrogen) atoms. The molecule has 3 aromatic rings. The molecule has 0 spiro atoms. The van der Waals surface area contributed by atoms with Crippen LogP contribution in [0.1, 0.15) is 22.3 Å². The molecule has 2 aliphatic heterocycles. The normalized spacial score (nSPS) is 13.2. The van der Waals surface area contributed by atoms with Crippen molar-refractivity contribution in [3.63, 3.8) is 0 Å². The lowest BCUT2D eigenvalue weighted by Gasteiger charge is -2.07. The first-order valence-electron chi connectivity index (χ1n) is 12.0. The van der Waals surface area contributed by atoms with Crippen molar-refractivity contribution in [1.82, 2.24) is 0 Å². The lowest BCUT2D eigenvalue weighted by Crippen LogP contribution is -2.08. The Morgan fingerprint density at radius 3 is 1.45 bits per heavy atom. The van der Waals surface area contributed by atoms with Gasteiger partial charge in [-0.15, -0.1) is 0 Å². The summed E-state index contributed by atoms with van der Waals surface area (Å²) < 4.78 is 31.7. The Morgan fingerprint density at radius 2 is 1.05 bits per heavy atom. The molecule has 10 heteroatoms. The summed E-state index contributed by atoms with van der Waals surface area (Å²) in [5.74, 6) is 0.733. The van der Waals surface area contributed by atoms with Crippen molar-refractivity contribution < 1.29 is 38.0 Å². The van der Waals surface area contributed by atoms with Crippen LogP contribution in [0.2, 0.25) is 0 Å². The van der Waals surface area contributed by atoms with Gasteiger partial charge in [-0.1, -0.05) is 36.4 Å². The first kappa shape index (κ1) is 25.9. The zero-order valence-electron chi connectivity index (χ0n) is 20.9. The molecule has 0 bridgehead atoms. The molecule has 5 rings (SSSR count). The zero-order chi connectivity index (χ0) is 27.9. The van der Waals surface area contributed by atoms with Gasteiger partial charge in [-0.05, 0) is 58.7 Å². The van der Waals surface area contributed by atoms with Crippen molar-refractivity contribution in [2.45, 2.75) is 13.2 Å². The van der Waals surface area contributed by atoms with Crippen LogP contribution >= 0.6 is 0 Å². The van der Waals surface area contributed by atoms with Crippen molar-refractivity contribution in [1.29, 1.82) is 10.5 Å². The highest BCUT2D eigenvalue weighted by Crippen LogP contribution is 2.34. The Kier molecular flexibility index (Phi) is 7.61. The molecule has 10 nitrogen and oxygen atoms in total. The molecule has 0 fully saturated rings. The number of benzene rings is 3. The number of nitriles is 2. The largest absolute Gasteiger partial charge is 0.457 e. The molecular weight excluding hydrogens is 516 g/mol. The lowest BCUT2D eigenvalue weighted by molar-refractivity contribution is -0.140. The van der Waals surface area contributed by atoms with Crippen LogP contribution in [0.15, 0.2) is 71.8 Å². The van der Waals surface area contributed by atoms with E-state index in [2.05, 4.69) is 0 Å². The standard InChI is InChI=1S/C30H20N2O8/c31-13-23(9-21-5-7-25-27(11-21)39-17-37-25)29(33)35-15-19-1-2-20(4-3-19)16-36-30(34)24(14-32)10-22-6-8-26-28(12-22)40-18-38-26/h1-12H,15-18H2/b23-9-,24-10-. The first-order valence-corrected chi connectivity index (χ1v) is 12.0. The van der Waals surface area contributed by atoms with Gasteiger partial charge in [-0.25, -0.2) is 9.59 Å². The van der Waals surface area contributed by atoms with E-state index in [1.54, 1.807) is 60.7 Å². The number of ether oxygens (including phenoxy) is 6. The van der Waals surface area contributed by atoms with Crippen LogP contribution in [0.4, 0.5) is 0 Å². The number of fused-ring (bicyclic) bond motifs is 2. The summed E-state index contributed by atoms with van der Waals surface area (Å²) in [6, 6.07) is 20.7. The fraction of sp³-hybridized carbons (Fsp3) is 0.133. The smallest absolute Gasteiger partial charge is 0.349 e. The van der Waals surface area contributed by atoms with Crippen LogP contribution < -0.4 is 18.9 Å². The molecule has 2 heterocycles. The van der Waals surface area contributed by atoms with E-state index >= 15 is 0 Å². The minimum atomic E-state index is -0.767. The van der Waals surface area contributed by atoms with E-state index in [0.29, 0.717) is 45.3 Å². The van der Waals surface area contributed by atoms with Gasteiger partial charge < -0.3 is 28.4 Å². The van der Waals surface area contributed by atoms with E-state index in [9.17, 15) is 20.1 Å². The second-order valence-corrected chi connectivity index (χ2v) is 8.53. The molecule has 2 aliphatic rings. The summed E-state index contributed by atoms with van der Waals surface area (Å²) in [5, 5.41) is 18.8. The number of rotatable bonds is 8. The Morgan fingerprint density at radius 1 is 0.650 bits per heavy atom. The molecule has 3 aromatic carbocycles. The SMILES string of the molecule is N#C/C(=C/c1ccc2c(c1)OCO2)C(=O)OCc1ccc(COC(=O)/C(C#N)=C\c2ccc3c(c2)OCO3)cc1. The molecule has 0 radical (unpaired) electrons. The predicted molar refractivity (Wildman–Crippen MR) is 138 cm³/mol. The minimum absolute atomic E-state index is 0.0596. The van der Waals surface area contributed by atoms with Gasteiger partial charge in [0.05, 0.1) is 0 Å². The summed E-state index contributed by atoms with van der Waals surface area (Å²) in [6.45, 7) is 0.125. The van der Waals surface area contributed by atoms with Crippen molar-refractivity contribution >= 4 is 24.1 Å². The number of hydrogen-bond acceptors (Lipinski definition) is 10. The summed E-state index contributed by atoms with van der Waals surface area (Å²) in [7, 11) is 0. The fourth-order valence-corrected chi connectivity index (χ4v) is 3.80. The highest BCUT2D eigenvalue weighted by Gasteiger charge is 2.17. The van der Waals surface area contributed by atoms with Gasteiger partial charge in [0.2, 0.25) is 13.6 Å². The van der Waals surface area contributed by atoms with Crippen molar-refractivity contribution in [2.75, 3.05) is 13.6 Å². The van der Waals surface area contributed by atoms with E-state index in [-0.39, 0.29) is 37.9 Å². The van der Waals surface area contributed by atoms with Gasteiger partial charge in [0.15, 0.2) is 23.0 Å². The Hall–Kier alpha value is -5.74. The predicted octanol–water partition coefficient (Wildman–Crippen LogP) is 4.44. The van der Waals surface area contributed by atoms with E-state index in [4.69, 9.17) is 28.4 Å². The van der Waals surface area contributed by atoms with Gasteiger partial charge in [-0.3, -0.25) is 0 Å². The number of esters is 2. The summed E-state index contributed by atoms with van der Waals surface area (Å²) in [5.41, 5.74) is 2.21. The third-order valence-electron chi connectivity index (χ3n) is 5.86. The van der Waals surface area contributed by atoms with E-state index in [0.717, 1.165) is 0 Å². The number of carbonyl (C=O) groups excluding carboxylic acids is 2. The molecule has 0 saturated heterocycles. The van der Waals surface area contributed by atoms with Gasteiger partial charge in [0, 0.05) is 0 Å². The Balaban J connectivity index is 1.13. The lowest BCUT2D eigenvalue weighted by atomic mass is 10.1. The molecule has 0 aromatic heterocycles. The topological polar surface area (TPSA) is 137 Å². The van der Waals surface area contributed by atoms with Crippen LogP contribution in [0.3, 0.4) is 0 Å². The molecule has 0 aliphatic carbocycles. The van der Waals surface area contributed by atoms with Crippen molar-refractivity contribution in [3.8, 4) is 35.1 Å². The van der Waals surface area contributed by atoms with Crippen molar-refractivity contribution in [3.05, 3.63) is 94.1 Å². The Labute approximate surface area is 228 Å². The van der Waals surface area contributed by atoms with Gasteiger partial charge in [0.1, 0.15) is 36.5 Å². The highest BCUT2D eigenvalue weighted by molar-refractivity contribution is 5.98. The second kappa shape index (κ2) is 11.8. The quantitative estimate of drug-likeness (QED) is 0.231. The second-order valence-electron chi connectivity index (χ2n) is 8.53. The van der Waals surface area contributed by atoms with E-state index < -0.39 is 11.9 Å².